The van der Waals surface area contributed by atoms with Crippen LogP contribution in [0.3, 0.4) is 0 Å². The first-order valence-electron chi connectivity index (χ1n) is 5.63. The van der Waals surface area contributed by atoms with Crippen LogP contribution in [0.2, 0.25) is 0 Å². The first-order valence-corrected chi connectivity index (χ1v) is 5.63. The van der Waals surface area contributed by atoms with Crippen LogP contribution in [0.4, 0.5) is 5.82 Å². The highest BCUT2D eigenvalue weighted by atomic mass is 15.0. The Labute approximate surface area is 95.5 Å². The fourth-order valence-electron chi connectivity index (χ4n) is 2.11. The van der Waals surface area contributed by atoms with Crippen LogP contribution in [0.15, 0.2) is 18.3 Å². The average molecular weight is 216 g/mol. The van der Waals surface area contributed by atoms with Gasteiger partial charge in [0.2, 0.25) is 0 Å². The molecule has 0 aliphatic heterocycles. The lowest BCUT2D eigenvalue weighted by Gasteiger charge is -2.11. The number of nitrogens with two attached hydrogens (primary N) is 1. The molecule has 4 nitrogen and oxygen atoms in total. The fraction of sp³-hybridized carbons (Fsp3) is 0.500. The first-order chi connectivity index (χ1) is 7.78. The minimum absolute atomic E-state index is 0.376. The maximum atomic E-state index is 8.64. The van der Waals surface area contributed by atoms with E-state index in [1.165, 1.54) is 6.42 Å². The van der Waals surface area contributed by atoms with E-state index in [4.69, 9.17) is 11.0 Å². The van der Waals surface area contributed by atoms with Crippen molar-refractivity contribution in [2.24, 2.45) is 11.7 Å². The van der Waals surface area contributed by atoms with Crippen LogP contribution >= 0.6 is 0 Å². The van der Waals surface area contributed by atoms with Crippen molar-refractivity contribution in [2.45, 2.75) is 25.3 Å². The molecule has 1 fully saturated rings. The standard InChI is InChI=1S/C12H16N4/c13-6-10-2-4-12(16-8-10)15-7-9-1-3-11(14)5-9/h2,4,8-9,11H,1,3,5,7,14H2,(H,15,16)/t9?,11-/m0/s1. The van der Waals surface area contributed by atoms with E-state index in [1.807, 2.05) is 6.07 Å². The van der Waals surface area contributed by atoms with Crippen molar-refractivity contribution in [3.63, 3.8) is 0 Å². The summed E-state index contributed by atoms with van der Waals surface area (Å²) in [7, 11) is 0. The Hall–Kier alpha value is -1.60. The second-order valence-corrected chi connectivity index (χ2v) is 4.36. The van der Waals surface area contributed by atoms with Crippen molar-refractivity contribution < 1.29 is 0 Å². The van der Waals surface area contributed by atoms with Gasteiger partial charge in [-0.2, -0.15) is 5.26 Å². The molecule has 1 aromatic heterocycles. The van der Waals surface area contributed by atoms with Gasteiger partial charge in [0.15, 0.2) is 0 Å². The molecule has 0 spiro atoms. The van der Waals surface area contributed by atoms with Gasteiger partial charge in [0.1, 0.15) is 11.9 Å². The lowest BCUT2D eigenvalue weighted by atomic mass is 10.1. The molecular weight excluding hydrogens is 200 g/mol. The van der Waals surface area contributed by atoms with Crippen molar-refractivity contribution in [1.29, 1.82) is 5.26 Å². The van der Waals surface area contributed by atoms with E-state index >= 15 is 0 Å². The summed E-state index contributed by atoms with van der Waals surface area (Å²) in [6.45, 7) is 0.923. The third-order valence-electron chi connectivity index (χ3n) is 3.05. The van der Waals surface area contributed by atoms with E-state index in [9.17, 15) is 0 Å². The van der Waals surface area contributed by atoms with Crippen molar-refractivity contribution in [2.75, 3.05) is 11.9 Å². The van der Waals surface area contributed by atoms with Crippen LogP contribution in [-0.2, 0) is 0 Å². The third-order valence-corrected chi connectivity index (χ3v) is 3.05. The molecule has 0 bridgehead atoms. The summed E-state index contributed by atoms with van der Waals surface area (Å²) in [5, 5.41) is 11.9. The molecule has 2 atom stereocenters. The number of hydrogen-bond acceptors (Lipinski definition) is 4. The highest BCUT2D eigenvalue weighted by molar-refractivity contribution is 5.38. The quantitative estimate of drug-likeness (QED) is 0.802. The van der Waals surface area contributed by atoms with Crippen LogP contribution in [0, 0.1) is 17.2 Å². The van der Waals surface area contributed by atoms with Gasteiger partial charge in [-0.3, -0.25) is 0 Å². The molecule has 0 amide bonds. The van der Waals surface area contributed by atoms with Gasteiger partial charge in [-0.15, -0.1) is 0 Å². The average Bonchev–Trinajstić information content (AvgIpc) is 2.73. The predicted octanol–water partition coefficient (Wildman–Crippen LogP) is 1.49. The Morgan fingerprint density at radius 1 is 1.50 bits per heavy atom. The van der Waals surface area contributed by atoms with Gasteiger partial charge in [0.25, 0.3) is 0 Å². The highest BCUT2D eigenvalue weighted by Gasteiger charge is 2.21. The summed E-state index contributed by atoms with van der Waals surface area (Å²) in [5.74, 6) is 1.49. The minimum Gasteiger partial charge on any atom is -0.370 e. The molecule has 1 aliphatic rings. The fourth-order valence-corrected chi connectivity index (χ4v) is 2.11. The zero-order valence-corrected chi connectivity index (χ0v) is 9.19. The van der Waals surface area contributed by atoms with Crippen molar-refractivity contribution >= 4 is 5.82 Å². The van der Waals surface area contributed by atoms with Crippen LogP contribution < -0.4 is 11.1 Å². The molecule has 1 aliphatic carbocycles. The molecule has 16 heavy (non-hydrogen) atoms. The number of rotatable bonds is 3. The van der Waals surface area contributed by atoms with Crippen molar-refractivity contribution in [1.82, 2.24) is 4.98 Å². The van der Waals surface area contributed by atoms with Gasteiger partial charge < -0.3 is 11.1 Å². The van der Waals surface area contributed by atoms with E-state index in [1.54, 1.807) is 12.3 Å². The molecular formula is C12H16N4. The molecule has 1 saturated carbocycles. The largest absolute Gasteiger partial charge is 0.370 e. The van der Waals surface area contributed by atoms with E-state index < -0.39 is 0 Å². The van der Waals surface area contributed by atoms with Crippen molar-refractivity contribution in [3.05, 3.63) is 23.9 Å². The van der Waals surface area contributed by atoms with Crippen molar-refractivity contribution in [3.8, 4) is 6.07 Å². The number of nitrogens with one attached hydrogen (secondary N) is 1. The molecule has 0 saturated heterocycles. The molecule has 1 unspecified atom stereocenters. The number of aromatic nitrogens is 1. The van der Waals surface area contributed by atoms with Crippen LogP contribution in [0.5, 0.6) is 0 Å². The molecule has 84 valence electrons. The predicted molar refractivity (Wildman–Crippen MR) is 62.8 cm³/mol. The minimum atomic E-state index is 0.376. The topological polar surface area (TPSA) is 74.7 Å². The SMILES string of the molecule is N#Cc1ccc(NCC2CC[C@H](N)C2)nc1. The highest BCUT2D eigenvalue weighted by Crippen LogP contribution is 2.24. The molecule has 1 heterocycles. The van der Waals surface area contributed by atoms with Gasteiger partial charge >= 0.3 is 0 Å². The smallest absolute Gasteiger partial charge is 0.125 e. The lowest BCUT2D eigenvalue weighted by Crippen LogP contribution is -2.17. The van der Waals surface area contributed by atoms with E-state index in [0.29, 0.717) is 17.5 Å². The van der Waals surface area contributed by atoms with E-state index in [-0.39, 0.29) is 0 Å². The normalized spacial score (nSPS) is 24.0. The molecule has 4 heteroatoms. The monoisotopic (exact) mass is 216 g/mol. The summed E-state index contributed by atoms with van der Waals surface area (Å²) in [5.41, 5.74) is 6.44. The number of anilines is 1. The molecule has 2 rings (SSSR count). The molecule has 0 radical (unpaired) electrons. The van der Waals surface area contributed by atoms with E-state index in [2.05, 4.69) is 16.4 Å². The number of hydrogen-bond donors (Lipinski definition) is 2. The summed E-state index contributed by atoms with van der Waals surface area (Å²) >= 11 is 0. The number of pyridine rings is 1. The third kappa shape index (κ3) is 2.71. The molecule has 3 N–H and O–H groups in total. The summed E-state index contributed by atoms with van der Waals surface area (Å²) in [6.07, 6.45) is 5.02. The second kappa shape index (κ2) is 4.95. The molecule has 0 aromatic carbocycles. The Kier molecular flexibility index (Phi) is 3.37. The van der Waals surface area contributed by atoms with Gasteiger partial charge in [-0.25, -0.2) is 4.98 Å². The van der Waals surface area contributed by atoms with Crippen LogP contribution in [-0.4, -0.2) is 17.6 Å². The maximum absolute atomic E-state index is 8.64. The van der Waals surface area contributed by atoms with Gasteiger partial charge in [-0.1, -0.05) is 0 Å². The van der Waals surface area contributed by atoms with Crippen LogP contribution in [0.25, 0.3) is 0 Å². The van der Waals surface area contributed by atoms with Crippen LogP contribution in [0.1, 0.15) is 24.8 Å². The number of nitriles is 1. The Bertz CT molecular complexity index is 379. The number of nitrogens with zero attached hydrogens (tertiary/aromatic N) is 2. The Balaban J connectivity index is 1.83. The lowest BCUT2D eigenvalue weighted by molar-refractivity contribution is 0.565. The zero-order chi connectivity index (χ0) is 11.4. The Morgan fingerprint density at radius 3 is 2.94 bits per heavy atom. The van der Waals surface area contributed by atoms with Gasteiger partial charge in [0.05, 0.1) is 5.56 Å². The van der Waals surface area contributed by atoms with Gasteiger partial charge in [-0.05, 0) is 37.3 Å². The Morgan fingerprint density at radius 2 is 2.38 bits per heavy atom. The van der Waals surface area contributed by atoms with E-state index in [0.717, 1.165) is 25.2 Å². The summed E-state index contributed by atoms with van der Waals surface area (Å²) < 4.78 is 0. The molecule has 1 aromatic rings. The van der Waals surface area contributed by atoms with Gasteiger partial charge in [0, 0.05) is 18.8 Å². The first kappa shape index (κ1) is 10.9. The second-order valence-electron chi connectivity index (χ2n) is 4.36. The maximum Gasteiger partial charge on any atom is 0.125 e. The zero-order valence-electron chi connectivity index (χ0n) is 9.19. The summed E-state index contributed by atoms with van der Waals surface area (Å²) in [6, 6.07) is 6.04. The summed E-state index contributed by atoms with van der Waals surface area (Å²) in [4.78, 5) is 4.16.